The zero-order valence-corrected chi connectivity index (χ0v) is 18.6. The normalized spacial score (nSPS) is 18.9. The molecule has 0 radical (unpaired) electrons. The van der Waals surface area contributed by atoms with Gasteiger partial charge in [-0.3, -0.25) is 9.59 Å². The van der Waals surface area contributed by atoms with Crippen molar-refractivity contribution >= 4 is 17.4 Å². The first kappa shape index (κ1) is 21.2. The second-order valence-electron chi connectivity index (χ2n) is 8.66. The summed E-state index contributed by atoms with van der Waals surface area (Å²) >= 11 is 0. The SMILES string of the molecule is Cc1ccc(CN2C(=O)[C@@](O)(CC(=O)c3ccc4c(c3)OCCO4)c3ccccc32)c(C)c1. The number of fused-ring (bicyclic) bond motifs is 2. The maximum Gasteiger partial charge on any atom is 0.264 e. The molecule has 0 bridgehead atoms. The number of aryl methyl sites for hydroxylation is 2. The summed E-state index contributed by atoms with van der Waals surface area (Å²) in [5.41, 5.74) is 2.72. The van der Waals surface area contributed by atoms with Gasteiger partial charge < -0.3 is 19.5 Å². The van der Waals surface area contributed by atoms with Crippen molar-refractivity contribution in [3.05, 3.63) is 88.5 Å². The Balaban J connectivity index is 1.46. The molecule has 168 valence electrons. The average molecular weight is 443 g/mol. The molecule has 2 aliphatic heterocycles. The molecule has 33 heavy (non-hydrogen) atoms. The maximum atomic E-state index is 13.5. The largest absolute Gasteiger partial charge is 0.486 e. The van der Waals surface area contributed by atoms with E-state index in [1.807, 2.05) is 38.1 Å². The summed E-state index contributed by atoms with van der Waals surface area (Å²) in [5, 5.41) is 11.6. The van der Waals surface area contributed by atoms with Crippen molar-refractivity contribution in [2.24, 2.45) is 0 Å². The second kappa shape index (κ2) is 8.05. The Morgan fingerprint density at radius 1 is 1.00 bits per heavy atom. The topological polar surface area (TPSA) is 76.1 Å². The van der Waals surface area contributed by atoms with Crippen molar-refractivity contribution in [1.29, 1.82) is 0 Å². The highest BCUT2D eigenvalue weighted by Crippen LogP contribution is 2.44. The third-order valence-corrected chi connectivity index (χ3v) is 6.35. The highest BCUT2D eigenvalue weighted by molar-refractivity contribution is 6.10. The van der Waals surface area contributed by atoms with Crippen LogP contribution in [-0.2, 0) is 16.9 Å². The Labute approximate surface area is 192 Å². The molecule has 2 aliphatic rings. The number of aliphatic hydroxyl groups is 1. The van der Waals surface area contributed by atoms with Crippen LogP contribution in [0.4, 0.5) is 5.69 Å². The average Bonchev–Trinajstić information content (AvgIpc) is 3.02. The zero-order chi connectivity index (χ0) is 23.2. The summed E-state index contributed by atoms with van der Waals surface area (Å²) in [6, 6.07) is 18.1. The molecule has 3 aromatic rings. The van der Waals surface area contributed by atoms with Crippen molar-refractivity contribution < 1.29 is 24.2 Å². The molecule has 5 rings (SSSR count). The van der Waals surface area contributed by atoms with Gasteiger partial charge in [-0.05, 0) is 49.2 Å². The molecular formula is C27H25NO5. The number of anilines is 1. The number of carbonyl (C=O) groups is 2. The van der Waals surface area contributed by atoms with Gasteiger partial charge in [0.15, 0.2) is 22.9 Å². The Kier molecular flexibility index (Phi) is 5.17. The Morgan fingerprint density at radius 2 is 1.76 bits per heavy atom. The van der Waals surface area contributed by atoms with Crippen LogP contribution in [0.15, 0.2) is 60.7 Å². The van der Waals surface area contributed by atoms with Gasteiger partial charge in [-0.25, -0.2) is 0 Å². The van der Waals surface area contributed by atoms with E-state index < -0.39 is 11.5 Å². The molecule has 6 nitrogen and oxygen atoms in total. The van der Waals surface area contributed by atoms with Gasteiger partial charge >= 0.3 is 0 Å². The van der Waals surface area contributed by atoms with Crippen LogP contribution < -0.4 is 14.4 Å². The molecule has 1 atom stereocenters. The van der Waals surface area contributed by atoms with Crippen LogP contribution in [0.1, 0.15) is 39.0 Å². The standard InChI is InChI=1S/C27H25NO5/c1-17-7-8-20(18(2)13-17)16-28-22-6-4-3-5-21(22)27(31,26(28)30)15-23(29)19-9-10-24-25(14-19)33-12-11-32-24/h3-10,13-14,31H,11-12,15-16H2,1-2H3/t27-/m1/s1. The summed E-state index contributed by atoms with van der Waals surface area (Å²) in [5.74, 6) is 0.243. The number of ether oxygens (including phenoxy) is 2. The minimum absolute atomic E-state index is 0.322. The number of ketones is 1. The Bertz CT molecular complexity index is 1270. The van der Waals surface area contributed by atoms with Gasteiger partial charge in [0.05, 0.1) is 18.7 Å². The second-order valence-corrected chi connectivity index (χ2v) is 8.66. The van der Waals surface area contributed by atoms with Gasteiger partial charge in [-0.15, -0.1) is 0 Å². The summed E-state index contributed by atoms with van der Waals surface area (Å²) in [4.78, 5) is 28.3. The van der Waals surface area contributed by atoms with E-state index in [4.69, 9.17) is 9.47 Å². The van der Waals surface area contributed by atoms with Crippen LogP contribution in [0.25, 0.3) is 0 Å². The molecule has 3 aromatic carbocycles. The Hall–Kier alpha value is -3.64. The van der Waals surface area contributed by atoms with Crippen molar-refractivity contribution in [3.63, 3.8) is 0 Å². The van der Waals surface area contributed by atoms with E-state index in [1.54, 1.807) is 35.2 Å². The molecule has 1 amide bonds. The molecule has 0 aliphatic carbocycles. The third kappa shape index (κ3) is 3.66. The van der Waals surface area contributed by atoms with E-state index in [2.05, 4.69) is 6.07 Å². The first-order valence-electron chi connectivity index (χ1n) is 11.0. The lowest BCUT2D eigenvalue weighted by atomic mass is 9.88. The monoisotopic (exact) mass is 443 g/mol. The number of hydrogen-bond acceptors (Lipinski definition) is 5. The van der Waals surface area contributed by atoms with Crippen LogP contribution in [-0.4, -0.2) is 30.0 Å². The first-order chi connectivity index (χ1) is 15.9. The van der Waals surface area contributed by atoms with Crippen LogP contribution in [0.5, 0.6) is 11.5 Å². The summed E-state index contributed by atoms with van der Waals surface area (Å²) in [7, 11) is 0. The molecule has 0 fully saturated rings. The lowest BCUT2D eigenvalue weighted by Gasteiger charge is -2.24. The van der Waals surface area contributed by atoms with E-state index in [9.17, 15) is 14.7 Å². The van der Waals surface area contributed by atoms with Gasteiger partial charge in [0, 0.05) is 11.1 Å². The van der Waals surface area contributed by atoms with Gasteiger partial charge in [0.1, 0.15) is 13.2 Å². The number of Topliss-reactive ketones (excluding diaryl/α,β-unsaturated/α-hetero) is 1. The smallest absolute Gasteiger partial charge is 0.264 e. The third-order valence-electron chi connectivity index (χ3n) is 6.35. The molecule has 0 saturated heterocycles. The van der Waals surface area contributed by atoms with Gasteiger partial charge in [0.25, 0.3) is 5.91 Å². The molecule has 0 unspecified atom stereocenters. The number of hydrogen-bond donors (Lipinski definition) is 1. The van der Waals surface area contributed by atoms with E-state index in [1.165, 1.54) is 0 Å². The lowest BCUT2D eigenvalue weighted by Crippen LogP contribution is -2.41. The van der Waals surface area contributed by atoms with E-state index >= 15 is 0 Å². The molecule has 6 heteroatoms. The van der Waals surface area contributed by atoms with E-state index in [-0.39, 0.29) is 12.2 Å². The Morgan fingerprint density at radius 3 is 2.55 bits per heavy atom. The fourth-order valence-electron chi connectivity index (χ4n) is 4.58. The van der Waals surface area contributed by atoms with E-state index in [0.717, 1.165) is 16.7 Å². The van der Waals surface area contributed by atoms with Crippen molar-refractivity contribution in [2.75, 3.05) is 18.1 Å². The van der Waals surface area contributed by atoms with Gasteiger partial charge in [0.2, 0.25) is 0 Å². The van der Waals surface area contributed by atoms with Crippen LogP contribution in [0.2, 0.25) is 0 Å². The van der Waals surface area contributed by atoms with E-state index in [0.29, 0.717) is 48.1 Å². The van der Waals surface area contributed by atoms with Gasteiger partial charge in [-0.1, -0.05) is 42.0 Å². The molecule has 2 heterocycles. The number of benzene rings is 3. The summed E-state index contributed by atoms with van der Waals surface area (Å²) < 4.78 is 11.1. The maximum absolute atomic E-state index is 13.5. The van der Waals surface area contributed by atoms with Crippen LogP contribution in [0.3, 0.4) is 0 Å². The number of para-hydroxylation sites is 1. The fraction of sp³-hybridized carbons (Fsp3) is 0.259. The number of amides is 1. The van der Waals surface area contributed by atoms with Crippen molar-refractivity contribution in [2.45, 2.75) is 32.4 Å². The molecule has 0 saturated carbocycles. The minimum Gasteiger partial charge on any atom is -0.486 e. The highest BCUT2D eigenvalue weighted by Gasteiger charge is 2.50. The first-order valence-corrected chi connectivity index (χ1v) is 11.0. The predicted octanol–water partition coefficient (Wildman–Crippen LogP) is 4.08. The van der Waals surface area contributed by atoms with Crippen molar-refractivity contribution in [1.82, 2.24) is 0 Å². The lowest BCUT2D eigenvalue weighted by molar-refractivity contribution is -0.136. The molecule has 0 aromatic heterocycles. The molecule has 0 spiro atoms. The van der Waals surface area contributed by atoms with Crippen LogP contribution in [0, 0.1) is 13.8 Å². The highest BCUT2D eigenvalue weighted by atomic mass is 16.6. The summed E-state index contributed by atoms with van der Waals surface area (Å²) in [6.07, 6.45) is -0.355. The van der Waals surface area contributed by atoms with Gasteiger partial charge in [-0.2, -0.15) is 0 Å². The number of nitrogens with zero attached hydrogens (tertiary/aromatic N) is 1. The molecule has 1 N–H and O–H groups in total. The summed E-state index contributed by atoms with van der Waals surface area (Å²) in [6.45, 7) is 5.22. The molecular weight excluding hydrogens is 418 g/mol. The minimum atomic E-state index is -1.93. The van der Waals surface area contributed by atoms with Crippen LogP contribution >= 0.6 is 0 Å². The predicted molar refractivity (Wildman–Crippen MR) is 124 cm³/mol. The quantitative estimate of drug-likeness (QED) is 0.602. The zero-order valence-electron chi connectivity index (χ0n) is 18.6. The van der Waals surface area contributed by atoms with Crippen molar-refractivity contribution in [3.8, 4) is 11.5 Å². The number of carbonyl (C=O) groups excluding carboxylic acids is 2. The number of rotatable bonds is 5. The fourth-order valence-corrected chi connectivity index (χ4v) is 4.58.